The number of H-pyrrole nitrogens is 1. The van der Waals surface area contributed by atoms with Crippen LogP contribution in [0.1, 0.15) is 5.56 Å². The summed E-state index contributed by atoms with van der Waals surface area (Å²) >= 11 is 0. The van der Waals surface area contributed by atoms with Gasteiger partial charge in [0.2, 0.25) is 0 Å². The molecule has 84 valence electrons. The van der Waals surface area contributed by atoms with Crippen LogP contribution in [-0.4, -0.2) is 35.8 Å². The molecular formula is C12H15N3O. The highest BCUT2D eigenvalue weighted by Crippen LogP contribution is 2.17. The third-order valence-electron chi connectivity index (χ3n) is 3.00. The van der Waals surface area contributed by atoms with E-state index in [1.54, 1.807) is 0 Å². The van der Waals surface area contributed by atoms with E-state index in [2.05, 4.69) is 21.4 Å². The molecule has 16 heavy (non-hydrogen) atoms. The first kappa shape index (κ1) is 9.81. The van der Waals surface area contributed by atoms with E-state index in [0.717, 1.165) is 31.8 Å². The maximum atomic E-state index is 5.45. The van der Waals surface area contributed by atoms with Gasteiger partial charge in [-0.15, -0.1) is 0 Å². The van der Waals surface area contributed by atoms with Crippen molar-refractivity contribution in [1.29, 1.82) is 0 Å². The summed E-state index contributed by atoms with van der Waals surface area (Å²) in [5, 5.41) is 4.68. The first-order valence-electron chi connectivity index (χ1n) is 5.65. The van der Waals surface area contributed by atoms with Gasteiger partial charge in [0.15, 0.2) is 0 Å². The van der Waals surface area contributed by atoms with Crippen LogP contribution < -0.4 is 5.32 Å². The third kappa shape index (κ3) is 1.81. The van der Waals surface area contributed by atoms with Crippen LogP contribution in [0.15, 0.2) is 24.5 Å². The van der Waals surface area contributed by atoms with Crippen LogP contribution in [0.5, 0.6) is 0 Å². The molecule has 0 spiro atoms. The van der Waals surface area contributed by atoms with Crippen molar-refractivity contribution in [3.05, 3.63) is 30.1 Å². The molecule has 0 saturated carbocycles. The van der Waals surface area contributed by atoms with Crippen molar-refractivity contribution >= 4 is 11.0 Å². The molecule has 4 heteroatoms. The highest BCUT2D eigenvalue weighted by Gasteiger charge is 2.15. The summed E-state index contributed by atoms with van der Waals surface area (Å²) in [6, 6.07) is 4.51. The SMILES string of the molecule is c1cnc2[nH]cc(CC3COCCN3)c2c1. The molecule has 0 bridgehead atoms. The highest BCUT2D eigenvalue weighted by molar-refractivity contribution is 5.79. The predicted molar refractivity (Wildman–Crippen MR) is 62.4 cm³/mol. The summed E-state index contributed by atoms with van der Waals surface area (Å²) in [5.74, 6) is 0. The number of morpholine rings is 1. The van der Waals surface area contributed by atoms with Crippen LogP contribution in [-0.2, 0) is 11.2 Å². The van der Waals surface area contributed by atoms with E-state index in [-0.39, 0.29) is 0 Å². The molecule has 3 rings (SSSR count). The number of rotatable bonds is 2. The van der Waals surface area contributed by atoms with Gasteiger partial charge in [-0.3, -0.25) is 0 Å². The van der Waals surface area contributed by atoms with Crippen LogP contribution in [0.3, 0.4) is 0 Å². The van der Waals surface area contributed by atoms with Crippen molar-refractivity contribution in [2.24, 2.45) is 0 Å². The number of fused-ring (bicyclic) bond motifs is 1. The molecule has 0 aromatic carbocycles. The van der Waals surface area contributed by atoms with E-state index in [1.807, 2.05) is 18.5 Å². The van der Waals surface area contributed by atoms with Crippen LogP contribution >= 0.6 is 0 Å². The number of ether oxygens (including phenoxy) is 1. The molecule has 1 saturated heterocycles. The summed E-state index contributed by atoms with van der Waals surface area (Å²) in [5.41, 5.74) is 2.28. The highest BCUT2D eigenvalue weighted by atomic mass is 16.5. The van der Waals surface area contributed by atoms with Gasteiger partial charge >= 0.3 is 0 Å². The van der Waals surface area contributed by atoms with Gasteiger partial charge in [0.05, 0.1) is 13.2 Å². The van der Waals surface area contributed by atoms with Gasteiger partial charge in [0.1, 0.15) is 5.65 Å². The van der Waals surface area contributed by atoms with Gasteiger partial charge in [-0.2, -0.15) is 0 Å². The Morgan fingerprint density at radius 2 is 2.50 bits per heavy atom. The summed E-state index contributed by atoms with van der Waals surface area (Å²) in [7, 11) is 0. The fourth-order valence-corrected chi connectivity index (χ4v) is 2.20. The average molecular weight is 217 g/mol. The minimum absolute atomic E-state index is 0.424. The van der Waals surface area contributed by atoms with E-state index in [4.69, 9.17) is 4.74 Å². The van der Waals surface area contributed by atoms with Crippen LogP contribution in [0.2, 0.25) is 0 Å². The van der Waals surface area contributed by atoms with Gasteiger partial charge in [-0.25, -0.2) is 4.98 Å². The summed E-state index contributed by atoms with van der Waals surface area (Å²) < 4.78 is 5.45. The maximum Gasteiger partial charge on any atom is 0.137 e. The number of hydrogen-bond donors (Lipinski definition) is 2. The Morgan fingerprint density at radius 3 is 3.38 bits per heavy atom. The standard InChI is InChI=1S/C12H15N3O/c1-2-11-9(7-15-12(11)14-3-1)6-10-8-16-5-4-13-10/h1-3,7,10,13H,4-6,8H2,(H,14,15). The second kappa shape index (κ2) is 4.23. The quantitative estimate of drug-likeness (QED) is 0.791. The fraction of sp³-hybridized carbons (Fsp3) is 0.417. The monoisotopic (exact) mass is 217 g/mol. The van der Waals surface area contributed by atoms with E-state index < -0.39 is 0 Å². The zero-order valence-electron chi connectivity index (χ0n) is 9.07. The number of nitrogens with zero attached hydrogens (tertiary/aromatic N) is 1. The van der Waals surface area contributed by atoms with E-state index >= 15 is 0 Å². The molecule has 2 N–H and O–H groups in total. The van der Waals surface area contributed by atoms with Crippen LogP contribution in [0, 0.1) is 0 Å². The lowest BCUT2D eigenvalue weighted by Crippen LogP contribution is -2.42. The molecule has 0 radical (unpaired) electrons. The van der Waals surface area contributed by atoms with E-state index in [9.17, 15) is 0 Å². The Hall–Kier alpha value is -1.39. The molecule has 1 fully saturated rings. The zero-order valence-corrected chi connectivity index (χ0v) is 9.07. The number of aromatic amines is 1. The smallest absolute Gasteiger partial charge is 0.137 e. The van der Waals surface area contributed by atoms with Crippen LogP contribution in [0.25, 0.3) is 11.0 Å². The Kier molecular flexibility index (Phi) is 2.60. The normalized spacial score (nSPS) is 21.4. The summed E-state index contributed by atoms with van der Waals surface area (Å²) in [6.45, 7) is 2.57. The predicted octanol–water partition coefficient (Wildman–Crippen LogP) is 1.09. The van der Waals surface area contributed by atoms with Crippen LogP contribution in [0.4, 0.5) is 0 Å². The molecular weight excluding hydrogens is 202 g/mol. The maximum absolute atomic E-state index is 5.45. The molecule has 0 aliphatic carbocycles. The number of pyridine rings is 1. The van der Waals surface area contributed by atoms with Crippen molar-refractivity contribution in [2.45, 2.75) is 12.5 Å². The number of aromatic nitrogens is 2. The number of nitrogens with one attached hydrogen (secondary N) is 2. The average Bonchev–Trinajstić information content (AvgIpc) is 2.74. The van der Waals surface area contributed by atoms with E-state index in [1.165, 1.54) is 10.9 Å². The van der Waals surface area contributed by atoms with Crippen molar-refractivity contribution in [3.8, 4) is 0 Å². The van der Waals surface area contributed by atoms with Gasteiger partial charge in [0.25, 0.3) is 0 Å². The Labute approximate surface area is 94.0 Å². The first-order valence-corrected chi connectivity index (χ1v) is 5.65. The largest absolute Gasteiger partial charge is 0.379 e. The van der Waals surface area contributed by atoms with Crippen molar-refractivity contribution in [3.63, 3.8) is 0 Å². The molecule has 1 aliphatic rings. The zero-order chi connectivity index (χ0) is 10.8. The van der Waals surface area contributed by atoms with Crippen molar-refractivity contribution in [1.82, 2.24) is 15.3 Å². The minimum atomic E-state index is 0.424. The van der Waals surface area contributed by atoms with Crippen molar-refractivity contribution in [2.75, 3.05) is 19.8 Å². The molecule has 1 unspecified atom stereocenters. The summed E-state index contributed by atoms with van der Waals surface area (Å²) in [6.07, 6.45) is 4.85. The lowest BCUT2D eigenvalue weighted by atomic mass is 10.1. The van der Waals surface area contributed by atoms with Gasteiger partial charge in [-0.05, 0) is 24.1 Å². The molecule has 3 heterocycles. The Bertz CT molecular complexity index is 474. The Morgan fingerprint density at radius 1 is 1.50 bits per heavy atom. The first-order chi connectivity index (χ1) is 7.93. The molecule has 4 nitrogen and oxygen atoms in total. The second-order valence-corrected chi connectivity index (χ2v) is 4.14. The molecule has 1 aliphatic heterocycles. The Balaban J connectivity index is 1.83. The molecule has 1 atom stereocenters. The third-order valence-corrected chi connectivity index (χ3v) is 3.00. The summed E-state index contributed by atoms with van der Waals surface area (Å²) in [4.78, 5) is 7.49. The number of hydrogen-bond acceptors (Lipinski definition) is 3. The lowest BCUT2D eigenvalue weighted by molar-refractivity contribution is 0.0771. The van der Waals surface area contributed by atoms with Gasteiger partial charge in [0, 0.05) is 30.4 Å². The molecule has 2 aromatic heterocycles. The van der Waals surface area contributed by atoms with E-state index in [0.29, 0.717) is 6.04 Å². The minimum Gasteiger partial charge on any atom is -0.379 e. The van der Waals surface area contributed by atoms with Crippen molar-refractivity contribution < 1.29 is 4.74 Å². The second-order valence-electron chi connectivity index (χ2n) is 4.14. The molecule has 2 aromatic rings. The fourth-order valence-electron chi connectivity index (χ4n) is 2.20. The van der Waals surface area contributed by atoms with Gasteiger partial charge in [-0.1, -0.05) is 0 Å². The topological polar surface area (TPSA) is 49.9 Å². The lowest BCUT2D eigenvalue weighted by Gasteiger charge is -2.23. The molecule has 0 amide bonds. The van der Waals surface area contributed by atoms with Gasteiger partial charge < -0.3 is 15.0 Å².